The van der Waals surface area contributed by atoms with E-state index in [1.807, 2.05) is 0 Å². The van der Waals surface area contributed by atoms with E-state index in [4.69, 9.17) is 9.84 Å². The highest BCUT2D eigenvalue weighted by Crippen LogP contribution is 2.16. The number of hydrogen-bond acceptors (Lipinski definition) is 5. The molecule has 7 nitrogen and oxygen atoms in total. The van der Waals surface area contributed by atoms with Gasteiger partial charge >= 0.3 is 5.97 Å². The largest absolute Gasteiger partial charge is 0.480 e. The van der Waals surface area contributed by atoms with Crippen molar-refractivity contribution in [2.24, 2.45) is 0 Å². The number of hydrogen-bond donors (Lipinski definition) is 2. The molecular weight excluding hydrogens is 262 g/mol. The number of carbonyl (C=O) groups excluding carboxylic acids is 1. The fourth-order valence-electron chi connectivity index (χ4n) is 1.78. The summed E-state index contributed by atoms with van der Waals surface area (Å²) in [7, 11) is -3.59. The lowest BCUT2D eigenvalue weighted by Gasteiger charge is -2.23. The minimum absolute atomic E-state index is 0.0920. The van der Waals surface area contributed by atoms with Gasteiger partial charge in [-0.15, -0.1) is 0 Å². The fraction of sp³-hybridized carbons (Fsp3) is 0.800. The molecule has 0 aromatic rings. The van der Waals surface area contributed by atoms with Gasteiger partial charge < -0.3 is 15.2 Å². The number of carboxylic acid groups (broad SMARTS) is 1. The molecule has 1 aliphatic heterocycles. The number of ether oxygens (including phenoxy) is 1. The highest BCUT2D eigenvalue weighted by molar-refractivity contribution is 7.92. The Labute approximate surface area is 105 Å². The highest BCUT2D eigenvalue weighted by atomic mass is 32.2. The lowest BCUT2D eigenvalue weighted by Crippen LogP contribution is -2.47. The zero-order valence-corrected chi connectivity index (χ0v) is 10.9. The van der Waals surface area contributed by atoms with Gasteiger partial charge in [-0.1, -0.05) is 0 Å². The van der Waals surface area contributed by atoms with Gasteiger partial charge in [-0.2, -0.15) is 0 Å². The lowest BCUT2D eigenvalue weighted by molar-refractivity contribution is -0.140. The Morgan fingerprint density at radius 2 is 2.17 bits per heavy atom. The summed E-state index contributed by atoms with van der Waals surface area (Å²) in [5.74, 6) is -2.53. The first-order valence-electron chi connectivity index (χ1n) is 5.62. The van der Waals surface area contributed by atoms with Crippen LogP contribution in [0.3, 0.4) is 0 Å². The molecular formula is C10H17NO6S. The third-order valence-electron chi connectivity index (χ3n) is 2.70. The first kappa shape index (κ1) is 14.9. The monoisotopic (exact) mass is 279 g/mol. The van der Waals surface area contributed by atoms with Gasteiger partial charge in [-0.3, -0.25) is 4.79 Å². The molecule has 1 aliphatic rings. The second-order valence-corrected chi connectivity index (χ2v) is 6.59. The fourth-order valence-corrected chi connectivity index (χ4v) is 3.57. The molecule has 0 radical (unpaired) electrons. The zero-order valence-electron chi connectivity index (χ0n) is 10.1. The molecule has 18 heavy (non-hydrogen) atoms. The van der Waals surface area contributed by atoms with Crippen molar-refractivity contribution in [1.82, 2.24) is 5.32 Å². The standard InChI is InChI=1S/C10H17NO6S/c1-7(12)11-9(10(13)14)6-18(15,16)8-3-2-4-17-5-8/h8-9H,2-6H2,1H3,(H,11,12)(H,13,14)/t8?,9-/m0/s1. The van der Waals surface area contributed by atoms with Gasteiger partial charge in [0.05, 0.1) is 17.6 Å². The van der Waals surface area contributed by atoms with Crippen molar-refractivity contribution in [3.63, 3.8) is 0 Å². The molecule has 104 valence electrons. The van der Waals surface area contributed by atoms with E-state index in [-0.39, 0.29) is 6.61 Å². The number of amides is 1. The van der Waals surface area contributed by atoms with Crippen LogP contribution in [0.5, 0.6) is 0 Å². The van der Waals surface area contributed by atoms with Crippen LogP contribution in [0.4, 0.5) is 0 Å². The molecule has 1 amide bonds. The Kier molecular flexibility index (Phi) is 5.09. The van der Waals surface area contributed by atoms with Gasteiger partial charge in [-0.25, -0.2) is 13.2 Å². The molecule has 0 aromatic carbocycles. The number of carboxylic acids is 1. The summed E-state index contributed by atoms with van der Waals surface area (Å²) in [5.41, 5.74) is 0. The van der Waals surface area contributed by atoms with Crippen LogP contribution in [0.2, 0.25) is 0 Å². The Hall–Kier alpha value is -1.15. The maximum absolute atomic E-state index is 12.0. The summed E-state index contributed by atoms with van der Waals surface area (Å²) in [5, 5.41) is 10.3. The maximum atomic E-state index is 12.0. The number of nitrogens with one attached hydrogen (secondary N) is 1. The van der Waals surface area contributed by atoms with E-state index in [0.717, 1.165) is 6.92 Å². The Morgan fingerprint density at radius 1 is 1.50 bits per heavy atom. The molecule has 0 aliphatic carbocycles. The van der Waals surface area contributed by atoms with Gasteiger partial charge in [0.1, 0.15) is 6.04 Å². The average molecular weight is 279 g/mol. The van der Waals surface area contributed by atoms with Crippen LogP contribution in [0.15, 0.2) is 0 Å². The van der Waals surface area contributed by atoms with Crippen molar-refractivity contribution >= 4 is 21.7 Å². The molecule has 0 aromatic heterocycles. The first-order chi connectivity index (χ1) is 8.33. The van der Waals surface area contributed by atoms with Crippen LogP contribution in [-0.2, 0) is 24.2 Å². The second kappa shape index (κ2) is 6.14. The second-order valence-electron chi connectivity index (χ2n) is 4.26. The van der Waals surface area contributed by atoms with Gasteiger partial charge in [0.15, 0.2) is 9.84 Å². The molecule has 0 saturated carbocycles. The van der Waals surface area contributed by atoms with Crippen LogP contribution in [0.1, 0.15) is 19.8 Å². The molecule has 1 saturated heterocycles. The summed E-state index contributed by atoms with van der Waals surface area (Å²) >= 11 is 0. The van der Waals surface area contributed by atoms with E-state index in [1.165, 1.54) is 0 Å². The van der Waals surface area contributed by atoms with Gasteiger partial charge in [0, 0.05) is 13.5 Å². The van der Waals surface area contributed by atoms with Gasteiger partial charge in [0.2, 0.25) is 5.91 Å². The van der Waals surface area contributed by atoms with E-state index in [1.54, 1.807) is 0 Å². The molecule has 1 fully saturated rings. The van der Waals surface area contributed by atoms with Gasteiger partial charge in [-0.05, 0) is 12.8 Å². The predicted octanol–water partition coefficient (Wildman–Crippen LogP) is -0.830. The number of sulfone groups is 1. The SMILES string of the molecule is CC(=O)N[C@@H](CS(=O)(=O)C1CCCOC1)C(=O)O. The van der Waals surface area contributed by atoms with Crippen LogP contribution < -0.4 is 5.32 Å². The normalized spacial score (nSPS) is 22.2. The van der Waals surface area contributed by atoms with Crippen molar-refractivity contribution in [1.29, 1.82) is 0 Å². The molecule has 0 bridgehead atoms. The van der Waals surface area contributed by atoms with E-state index < -0.39 is 38.8 Å². The molecule has 8 heteroatoms. The lowest BCUT2D eigenvalue weighted by atomic mass is 10.2. The number of rotatable bonds is 5. The smallest absolute Gasteiger partial charge is 0.327 e. The Bertz CT molecular complexity index is 412. The minimum Gasteiger partial charge on any atom is -0.480 e. The summed E-state index contributed by atoms with van der Waals surface area (Å²) < 4.78 is 29.1. The van der Waals surface area contributed by atoms with Crippen LogP contribution >= 0.6 is 0 Å². The summed E-state index contributed by atoms with van der Waals surface area (Å²) in [6.45, 7) is 1.76. The van der Waals surface area contributed by atoms with Crippen molar-refractivity contribution in [3.05, 3.63) is 0 Å². The Balaban J connectivity index is 2.71. The zero-order chi connectivity index (χ0) is 13.8. The average Bonchev–Trinajstić information content (AvgIpc) is 2.28. The quantitative estimate of drug-likeness (QED) is 0.679. The van der Waals surface area contributed by atoms with E-state index in [2.05, 4.69) is 5.32 Å². The summed E-state index contributed by atoms with van der Waals surface area (Å²) in [6, 6.07) is -1.41. The number of aliphatic carboxylic acids is 1. The summed E-state index contributed by atoms with van der Waals surface area (Å²) in [6.07, 6.45) is 1.11. The van der Waals surface area contributed by atoms with Crippen LogP contribution in [0, 0.1) is 0 Å². The highest BCUT2D eigenvalue weighted by Gasteiger charge is 2.33. The molecule has 1 unspecified atom stereocenters. The Morgan fingerprint density at radius 3 is 2.61 bits per heavy atom. The molecule has 2 N–H and O–H groups in total. The molecule has 1 rings (SSSR count). The van der Waals surface area contributed by atoms with Crippen molar-refractivity contribution < 1.29 is 27.9 Å². The van der Waals surface area contributed by atoms with E-state index >= 15 is 0 Å². The van der Waals surface area contributed by atoms with E-state index in [9.17, 15) is 18.0 Å². The maximum Gasteiger partial charge on any atom is 0.327 e. The number of carbonyl (C=O) groups is 2. The molecule has 1 heterocycles. The third kappa shape index (κ3) is 4.26. The topological polar surface area (TPSA) is 110 Å². The van der Waals surface area contributed by atoms with Crippen LogP contribution in [-0.4, -0.2) is 55.7 Å². The third-order valence-corrected chi connectivity index (χ3v) is 4.89. The van der Waals surface area contributed by atoms with Crippen LogP contribution in [0.25, 0.3) is 0 Å². The molecule has 2 atom stereocenters. The minimum atomic E-state index is -3.59. The first-order valence-corrected chi connectivity index (χ1v) is 7.33. The van der Waals surface area contributed by atoms with Gasteiger partial charge in [0.25, 0.3) is 0 Å². The molecule has 0 spiro atoms. The van der Waals surface area contributed by atoms with Crippen molar-refractivity contribution in [3.8, 4) is 0 Å². The van der Waals surface area contributed by atoms with Crippen molar-refractivity contribution in [2.75, 3.05) is 19.0 Å². The van der Waals surface area contributed by atoms with E-state index in [0.29, 0.717) is 19.4 Å². The summed E-state index contributed by atoms with van der Waals surface area (Å²) in [4.78, 5) is 21.7. The van der Waals surface area contributed by atoms with Crippen molar-refractivity contribution in [2.45, 2.75) is 31.1 Å². The predicted molar refractivity (Wildman–Crippen MR) is 62.9 cm³/mol.